The minimum atomic E-state index is -5.19. The fraction of sp³-hybridized carbons (Fsp3) is 0.194. The maximum atomic E-state index is 13.7. The van der Waals surface area contributed by atoms with Gasteiger partial charge in [0.25, 0.3) is 11.8 Å². The molecule has 2 aromatic heterocycles. The van der Waals surface area contributed by atoms with Crippen LogP contribution in [0.2, 0.25) is 0 Å². The Kier molecular flexibility index (Phi) is 6.92. The Hall–Kier alpha value is -4.93. The fourth-order valence-corrected chi connectivity index (χ4v) is 4.81. The van der Waals surface area contributed by atoms with Crippen LogP contribution in [0.5, 0.6) is 0 Å². The van der Waals surface area contributed by atoms with Crippen molar-refractivity contribution >= 4 is 39.6 Å². The molecule has 0 saturated heterocycles. The second-order valence-electron chi connectivity index (χ2n) is 10.7. The summed E-state index contributed by atoms with van der Waals surface area (Å²) in [6, 6.07) is 14.2. The van der Waals surface area contributed by atoms with Crippen LogP contribution >= 0.6 is 0 Å². The summed E-state index contributed by atoms with van der Waals surface area (Å²) < 4.78 is 61.2. The van der Waals surface area contributed by atoms with Crippen molar-refractivity contribution in [1.29, 1.82) is 0 Å². The van der Waals surface area contributed by atoms with Gasteiger partial charge in [0.15, 0.2) is 0 Å². The number of hydrogen-bond acceptors (Lipinski definition) is 4. The summed E-state index contributed by atoms with van der Waals surface area (Å²) in [6.45, 7) is 5.42. The lowest BCUT2D eigenvalue weighted by molar-refractivity contribution is -0.0942. The highest BCUT2D eigenvalue weighted by Gasteiger charge is 2.41. The molecule has 5 aromatic rings. The molecule has 42 heavy (non-hydrogen) atoms. The fourth-order valence-electron chi connectivity index (χ4n) is 4.81. The van der Waals surface area contributed by atoms with Gasteiger partial charge in [-0.25, -0.2) is 4.39 Å². The van der Waals surface area contributed by atoms with E-state index in [2.05, 4.69) is 10.6 Å². The summed E-state index contributed by atoms with van der Waals surface area (Å²) in [7, 11) is 1.41. The van der Waals surface area contributed by atoms with E-state index in [-0.39, 0.29) is 44.3 Å². The zero-order chi connectivity index (χ0) is 30.6. The summed E-state index contributed by atoms with van der Waals surface area (Å²) in [5.74, 6) is -3.54. The highest BCUT2D eigenvalue weighted by molar-refractivity contribution is 6.20. The molecule has 2 amide bonds. The quantitative estimate of drug-likeness (QED) is 0.225. The van der Waals surface area contributed by atoms with Gasteiger partial charge in [0, 0.05) is 46.2 Å². The average Bonchev–Trinajstić information content (AvgIpc) is 3.53. The molecule has 0 spiro atoms. The van der Waals surface area contributed by atoms with Crippen LogP contribution in [-0.4, -0.2) is 41.1 Å². The molecule has 0 unspecified atom stereocenters. The van der Waals surface area contributed by atoms with Gasteiger partial charge in [-0.2, -0.15) is 13.2 Å². The Balaban J connectivity index is 1.86. The van der Waals surface area contributed by atoms with Crippen molar-refractivity contribution in [2.75, 3.05) is 7.05 Å². The van der Waals surface area contributed by atoms with Crippen molar-refractivity contribution in [3.05, 3.63) is 83.8 Å². The monoisotopic (exact) mass is 579 g/mol. The molecule has 11 heteroatoms. The number of rotatable bonds is 4. The lowest BCUT2D eigenvalue weighted by Crippen LogP contribution is -2.40. The SMILES string of the molecule is CNC(=O)c1c(-c2ccc(F)cc2)oc2c1cc(-c1cccc(C(=O)NC(C)(C)C)c1)c1c2ccn1C(=O)C(F)(F)F. The number of amides is 2. The highest BCUT2D eigenvalue weighted by Crippen LogP contribution is 2.42. The molecular formula is C31H25F4N3O4. The number of alkyl halides is 3. The first kappa shape index (κ1) is 28.6. The first-order chi connectivity index (χ1) is 19.7. The molecule has 0 radical (unpaired) electrons. The summed E-state index contributed by atoms with van der Waals surface area (Å²) in [4.78, 5) is 38.6. The molecule has 0 saturated carbocycles. The molecule has 2 N–H and O–H groups in total. The van der Waals surface area contributed by atoms with Crippen LogP contribution in [0.1, 0.15) is 46.3 Å². The predicted octanol–water partition coefficient (Wildman–Crippen LogP) is 6.95. The largest absolute Gasteiger partial charge is 0.472 e. The van der Waals surface area contributed by atoms with Crippen LogP contribution in [0.3, 0.4) is 0 Å². The lowest BCUT2D eigenvalue weighted by atomic mass is 9.96. The number of nitrogens with one attached hydrogen (secondary N) is 2. The number of aromatic nitrogens is 1. The molecular weight excluding hydrogens is 554 g/mol. The zero-order valence-electron chi connectivity index (χ0n) is 22.9. The molecule has 0 aliphatic carbocycles. The summed E-state index contributed by atoms with van der Waals surface area (Å²) in [5, 5.41) is 5.76. The number of fused-ring (bicyclic) bond motifs is 3. The molecule has 0 atom stereocenters. The van der Waals surface area contributed by atoms with E-state index in [9.17, 15) is 31.9 Å². The number of carbonyl (C=O) groups is 3. The molecule has 216 valence electrons. The van der Waals surface area contributed by atoms with Gasteiger partial charge in [-0.1, -0.05) is 12.1 Å². The normalized spacial score (nSPS) is 12.1. The molecule has 0 bridgehead atoms. The van der Waals surface area contributed by atoms with Crippen molar-refractivity contribution in [3.8, 4) is 22.5 Å². The first-order valence-corrected chi connectivity index (χ1v) is 12.8. The van der Waals surface area contributed by atoms with E-state index in [0.29, 0.717) is 15.7 Å². The van der Waals surface area contributed by atoms with Crippen LogP contribution in [0.25, 0.3) is 44.3 Å². The van der Waals surface area contributed by atoms with Crippen LogP contribution in [0, 0.1) is 5.82 Å². The molecule has 0 aliphatic heterocycles. The van der Waals surface area contributed by atoms with E-state index in [1.165, 1.54) is 49.5 Å². The van der Waals surface area contributed by atoms with E-state index >= 15 is 0 Å². The van der Waals surface area contributed by atoms with Gasteiger partial charge in [0.1, 0.15) is 17.2 Å². The molecule has 3 aromatic carbocycles. The Bertz CT molecular complexity index is 1880. The lowest BCUT2D eigenvalue weighted by Gasteiger charge is -2.20. The third-order valence-electron chi connectivity index (χ3n) is 6.57. The van der Waals surface area contributed by atoms with Gasteiger partial charge >= 0.3 is 12.1 Å². The predicted molar refractivity (Wildman–Crippen MR) is 150 cm³/mol. The number of furan rings is 1. The number of nitrogens with zero attached hydrogens (tertiary/aromatic N) is 1. The average molecular weight is 580 g/mol. The molecule has 0 fully saturated rings. The number of benzene rings is 3. The number of hydrogen-bond donors (Lipinski definition) is 2. The van der Waals surface area contributed by atoms with Crippen molar-refractivity contribution in [1.82, 2.24) is 15.2 Å². The van der Waals surface area contributed by atoms with Gasteiger partial charge in [-0.15, -0.1) is 0 Å². The van der Waals surface area contributed by atoms with E-state index < -0.39 is 35.3 Å². The Morgan fingerprint density at radius 3 is 2.17 bits per heavy atom. The van der Waals surface area contributed by atoms with Crippen LogP contribution in [0.15, 0.2) is 71.3 Å². The summed E-state index contributed by atoms with van der Waals surface area (Å²) in [6.07, 6.45) is -4.21. The maximum absolute atomic E-state index is 13.7. The van der Waals surface area contributed by atoms with Crippen molar-refractivity contribution in [3.63, 3.8) is 0 Å². The maximum Gasteiger partial charge on any atom is 0.472 e. The Morgan fingerprint density at radius 2 is 1.55 bits per heavy atom. The van der Waals surface area contributed by atoms with E-state index in [0.717, 1.165) is 6.20 Å². The smallest absolute Gasteiger partial charge is 0.454 e. The molecule has 0 aliphatic rings. The standard InChI is InChI=1S/C31H25F4N3O4/c1-30(2,3)37-27(39)18-7-5-6-17(14-18)21-15-22-23(28(40)36-4)25(16-8-10-19(32)11-9-16)42-26(22)20-12-13-38(24(20)21)29(41)31(33,34)35/h5-15H,1-4H3,(H,36,40)(H,37,39). The third-order valence-corrected chi connectivity index (χ3v) is 6.57. The minimum absolute atomic E-state index is 0.0574. The van der Waals surface area contributed by atoms with Gasteiger partial charge < -0.3 is 15.1 Å². The zero-order valence-corrected chi connectivity index (χ0v) is 22.9. The summed E-state index contributed by atoms with van der Waals surface area (Å²) >= 11 is 0. The van der Waals surface area contributed by atoms with E-state index in [4.69, 9.17) is 4.42 Å². The second kappa shape index (κ2) is 10.2. The molecule has 7 nitrogen and oxygen atoms in total. The minimum Gasteiger partial charge on any atom is -0.454 e. The highest BCUT2D eigenvalue weighted by atomic mass is 19.4. The molecule has 5 rings (SSSR count). The third kappa shape index (κ3) is 5.13. The summed E-state index contributed by atoms with van der Waals surface area (Å²) in [5.41, 5.74) is 0.521. The molecule has 2 heterocycles. The topological polar surface area (TPSA) is 93.3 Å². The van der Waals surface area contributed by atoms with Crippen LogP contribution in [-0.2, 0) is 0 Å². The Morgan fingerprint density at radius 1 is 0.857 bits per heavy atom. The second-order valence-corrected chi connectivity index (χ2v) is 10.7. The van der Waals surface area contributed by atoms with Crippen molar-refractivity contribution in [2.45, 2.75) is 32.5 Å². The van der Waals surface area contributed by atoms with Gasteiger partial charge in [0.2, 0.25) is 0 Å². The van der Waals surface area contributed by atoms with E-state index in [1.54, 1.807) is 39.0 Å². The number of carbonyl (C=O) groups excluding carboxylic acids is 3. The van der Waals surface area contributed by atoms with Gasteiger partial charge in [0.05, 0.1) is 11.1 Å². The van der Waals surface area contributed by atoms with Crippen molar-refractivity contribution < 1.29 is 36.4 Å². The first-order valence-electron chi connectivity index (χ1n) is 12.8. The Labute approximate surface area is 237 Å². The van der Waals surface area contributed by atoms with E-state index in [1.807, 2.05) is 0 Å². The number of halogens is 4. The van der Waals surface area contributed by atoms with Crippen LogP contribution < -0.4 is 10.6 Å². The van der Waals surface area contributed by atoms with Crippen molar-refractivity contribution in [2.24, 2.45) is 0 Å². The van der Waals surface area contributed by atoms with Gasteiger partial charge in [-0.05, 0) is 74.9 Å². The van der Waals surface area contributed by atoms with Crippen LogP contribution in [0.4, 0.5) is 17.6 Å². The van der Waals surface area contributed by atoms with Gasteiger partial charge in [-0.3, -0.25) is 19.0 Å².